The molecule has 0 aromatic heterocycles. The highest BCUT2D eigenvalue weighted by atomic mass is 16.7. The second kappa shape index (κ2) is 12.8. The van der Waals surface area contributed by atoms with Crippen LogP contribution < -0.4 is 9.47 Å². The van der Waals surface area contributed by atoms with Gasteiger partial charge in [0.2, 0.25) is 0 Å². The van der Waals surface area contributed by atoms with Crippen LogP contribution >= 0.6 is 0 Å². The van der Waals surface area contributed by atoms with E-state index in [2.05, 4.69) is 0 Å². The van der Waals surface area contributed by atoms with E-state index in [1.54, 1.807) is 0 Å². The highest BCUT2D eigenvalue weighted by Crippen LogP contribution is 2.39. The lowest BCUT2D eigenvalue weighted by Gasteiger charge is -2.43. The summed E-state index contributed by atoms with van der Waals surface area (Å²) in [4.78, 5) is 0. The van der Waals surface area contributed by atoms with Crippen molar-refractivity contribution in [2.75, 3.05) is 79.3 Å². The number of hydrogen-bond donors (Lipinski definition) is 0. The van der Waals surface area contributed by atoms with Crippen LogP contribution in [0.1, 0.15) is 23.7 Å². The number of hydrogen-bond acceptors (Lipinski definition) is 9. The van der Waals surface area contributed by atoms with Gasteiger partial charge in [-0.15, -0.1) is 0 Å². The third kappa shape index (κ3) is 6.95. The summed E-state index contributed by atoms with van der Waals surface area (Å²) in [5.41, 5.74) is 1.49. The van der Waals surface area contributed by atoms with E-state index in [-0.39, 0.29) is 5.41 Å². The van der Waals surface area contributed by atoms with E-state index in [4.69, 9.17) is 42.6 Å². The molecule has 2 aromatic rings. The van der Waals surface area contributed by atoms with Crippen LogP contribution in [0.5, 0.6) is 11.5 Å². The first-order chi connectivity index (χ1) is 17.8. The fraction of sp³-hybridized carbons (Fsp3) is 0.556. The smallest absolute Gasteiger partial charge is 0.183 e. The molecule has 9 nitrogen and oxygen atoms in total. The van der Waals surface area contributed by atoms with Gasteiger partial charge in [0.25, 0.3) is 0 Å². The minimum atomic E-state index is -0.457. The van der Waals surface area contributed by atoms with Crippen molar-refractivity contribution in [1.29, 1.82) is 0 Å². The molecule has 196 valence electrons. The number of ether oxygens (including phenoxy) is 9. The van der Waals surface area contributed by atoms with Crippen LogP contribution in [0, 0.1) is 5.41 Å². The molecule has 7 bridgehead atoms. The molecule has 5 aliphatic rings. The molecule has 2 saturated heterocycles. The molecule has 36 heavy (non-hydrogen) atoms. The van der Waals surface area contributed by atoms with Crippen molar-refractivity contribution in [1.82, 2.24) is 0 Å². The summed E-state index contributed by atoms with van der Waals surface area (Å²) in [7, 11) is 0. The molecule has 1 spiro atoms. The predicted molar refractivity (Wildman–Crippen MR) is 128 cm³/mol. The van der Waals surface area contributed by atoms with Crippen molar-refractivity contribution in [3.8, 4) is 11.5 Å². The Morgan fingerprint density at radius 1 is 0.500 bits per heavy atom. The number of benzene rings is 2. The van der Waals surface area contributed by atoms with Crippen molar-refractivity contribution in [2.45, 2.75) is 12.6 Å². The molecule has 5 aliphatic heterocycles. The van der Waals surface area contributed by atoms with E-state index in [0.717, 1.165) is 22.6 Å². The fourth-order valence-corrected chi connectivity index (χ4v) is 4.22. The van der Waals surface area contributed by atoms with Crippen LogP contribution in [0.3, 0.4) is 0 Å². The lowest BCUT2D eigenvalue weighted by molar-refractivity contribution is -0.307. The quantitative estimate of drug-likeness (QED) is 0.539. The zero-order valence-electron chi connectivity index (χ0n) is 20.4. The van der Waals surface area contributed by atoms with Gasteiger partial charge in [0, 0.05) is 11.1 Å². The predicted octanol–water partition coefficient (Wildman–Crippen LogP) is 3.29. The van der Waals surface area contributed by atoms with Crippen LogP contribution in [0.25, 0.3) is 0 Å². The van der Waals surface area contributed by atoms with Gasteiger partial charge >= 0.3 is 0 Å². The molecule has 0 N–H and O–H groups in total. The van der Waals surface area contributed by atoms with Gasteiger partial charge in [-0.3, -0.25) is 0 Å². The summed E-state index contributed by atoms with van der Waals surface area (Å²) in [6, 6.07) is 15.5. The zero-order valence-corrected chi connectivity index (χ0v) is 20.4. The minimum absolute atomic E-state index is 0.335. The largest absolute Gasteiger partial charge is 0.491 e. The molecule has 2 fully saturated rings. The number of rotatable bonds is 0. The maximum Gasteiger partial charge on any atom is 0.183 e. The average molecular weight is 503 g/mol. The summed E-state index contributed by atoms with van der Waals surface area (Å²) in [5, 5.41) is 0. The van der Waals surface area contributed by atoms with E-state index in [1.165, 1.54) is 0 Å². The van der Waals surface area contributed by atoms with Gasteiger partial charge in [0.15, 0.2) is 12.6 Å². The Morgan fingerprint density at radius 2 is 0.889 bits per heavy atom. The van der Waals surface area contributed by atoms with E-state index in [1.807, 2.05) is 48.5 Å². The Kier molecular flexibility index (Phi) is 9.05. The molecule has 5 heterocycles. The third-order valence-corrected chi connectivity index (χ3v) is 6.16. The van der Waals surface area contributed by atoms with Crippen molar-refractivity contribution in [3.05, 3.63) is 59.7 Å². The summed E-state index contributed by atoms with van der Waals surface area (Å²) in [6.45, 7) is 5.78. The molecule has 0 aliphatic carbocycles. The summed E-state index contributed by atoms with van der Waals surface area (Å²) in [5.74, 6) is 1.49. The second-order valence-corrected chi connectivity index (χ2v) is 9.09. The molecule has 0 atom stereocenters. The van der Waals surface area contributed by atoms with Gasteiger partial charge in [-0.05, 0) is 24.3 Å². The van der Waals surface area contributed by atoms with Gasteiger partial charge in [0.1, 0.15) is 24.7 Å². The van der Waals surface area contributed by atoms with Crippen LogP contribution in [0.4, 0.5) is 0 Å². The number of fused-ring (bicyclic) bond motifs is 2. The maximum atomic E-state index is 6.09. The van der Waals surface area contributed by atoms with Crippen LogP contribution in [-0.4, -0.2) is 79.3 Å². The Bertz CT molecular complexity index is 857. The maximum absolute atomic E-state index is 6.09. The standard InChI is InChI=1S/C27H34O9/c1-3-21-15-23(5-1)31-13-11-29-9-7-28-8-10-30-12-14-32-24-6-2-4-22(16-24)26-35-19-27(20-36-26)17-33-25(21)34-18-27/h1-6,15-16,25-26H,7-14,17-20H2. The van der Waals surface area contributed by atoms with E-state index in [9.17, 15) is 0 Å². The van der Waals surface area contributed by atoms with Crippen molar-refractivity contribution in [3.63, 3.8) is 0 Å². The molecular formula is C27H34O9. The summed E-state index contributed by atoms with van der Waals surface area (Å²) >= 11 is 0. The van der Waals surface area contributed by atoms with Crippen LogP contribution in [-0.2, 0) is 33.2 Å². The molecule has 0 saturated carbocycles. The highest BCUT2D eigenvalue weighted by molar-refractivity contribution is 5.30. The Balaban J connectivity index is 1.21. The molecule has 0 unspecified atom stereocenters. The van der Waals surface area contributed by atoms with E-state index >= 15 is 0 Å². The third-order valence-electron chi connectivity index (χ3n) is 6.16. The monoisotopic (exact) mass is 502 g/mol. The first-order valence-corrected chi connectivity index (χ1v) is 12.4. The van der Waals surface area contributed by atoms with Gasteiger partial charge in [0.05, 0.1) is 71.5 Å². The molecule has 0 amide bonds. The molecule has 2 aromatic carbocycles. The van der Waals surface area contributed by atoms with Gasteiger partial charge in [-0.2, -0.15) is 0 Å². The minimum Gasteiger partial charge on any atom is -0.491 e. The van der Waals surface area contributed by atoms with Crippen molar-refractivity contribution < 1.29 is 42.6 Å². The fourth-order valence-electron chi connectivity index (χ4n) is 4.22. The van der Waals surface area contributed by atoms with Gasteiger partial charge in [-0.25, -0.2) is 0 Å². The van der Waals surface area contributed by atoms with Gasteiger partial charge in [-0.1, -0.05) is 24.3 Å². The normalized spacial score (nSPS) is 28.7. The first-order valence-electron chi connectivity index (χ1n) is 12.4. The molecule has 0 radical (unpaired) electrons. The lowest BCUT2D eigenvalue weighted by Crippen LogP contribution is -2.49. The Morgan fingerprint density at radius 3 is 1.31 bits per heavy atom. The zero-order chi connectivity index (χ0) is 24.5. The van der Waals surface area contributed by atoms with Crippen molar-refractivity contribution >= 4 is 0 Å². The second-order valence-electron chi connectivity index (χ2n) is 9.09. The molecule has 9 heteroatoms. The summed E-state index contributed by atoms with van der Waals surface area (Å²) < 4.78 is 52.7. The van der Waals surface area contributed by atoms with E-state index in [0.29, 0.717) is 79.3 Å². The molecular weight excluding hydrogens is 468 g/mol. The highest BCUT2D eigenvalue weighted by Gasteiger charge is 2.42. The van der Waals surface area contributed by atoms with E-state index < -0.39 is 12.6 Å². The van der Waals surface area contributed by atoms with Crippen LogP contribution in [0.15, 0.2) is 48.5 Å². The van der Waals surface area contributed by atoms with Crippen molar-refractivity contribution in [2.24, 2.45) is 5.41 Å². The van der Waals surface area contributed by atoms with Crippen LogP contribution in [0.2, 0.25) is 0 Å². The average Bonchev–Trinajstić information content (AvgIpc) is 2.92. The molecule has 7 rings (SSSR count). The Hall–Kier alpha value is -2.24. The Labute approximate surface area is 211 Å². The topological polar surface area (TPSA) is 83.1 Å². The lowest BCUT2D eigenvalue weighted by atomic mass is 9.90. The first kappa shape index (κ1) is 25.4. The SMILES string of the molecule is c1cc2cc(c1)C1OCC3(CO1)COC(OC3)c1cccc(c1)OCCOCCOCCOCCO2. The van der Waals surface area contributed by atoms with Gasteiger partial charge < -0.3 is 42.6 Å². The summed E-state index contributed by atoms with van der Waals surface area (Å²) in [6.07, 6.45) is -0.914.